The third-order valence-electron chi connectivity index (χ3n) is 4.01. The fourth-order valence-electron chi connectivity index (χ4n) is 2.41. The zero-order chi connectivity index (χ0) is 18.9. The van der Waals surface area contributed by atoms with Crippen LogP contribution in [0.25, 0.3) is 0 Å². The first-order valence-electron chi connectivity index (χ1n) is 7.44. The molecule has 0 radical (unpaired) electrons. The first-order chi connectivity index (χ1) is 11.5. The van der Waals surface area contributed by atoms with E-state index in [-0.39, 0.29) is 10.5 Å². The number of halogens is 1. The third-order valence-corrected chi connectivity index (χ3v) is 5.04. The molecule has 4 N–H and O–H groups in total. The molecule has 0 bridgehead atoms. The average molecular weight is 366 g/mol. The number of rotatable bonds is 4. The molecule has 2 aromatic rings. The normalized spacial score (nSPS) is 12.7. The zero-order valence-corrected chi connectivity index (χ0v) is 14.8. The van der Waals surface area contributed by atoms with Gasteiger partial charge in [-0.25, -0.2) is 17.9 Å². The molecule has 1 atom stereocenters. The van der Waals surface area contributed by atoms with E-state index in [1.54, 1.807) is 26.8 Å². The fraction of sp³-hybridized carbons (Fsp3) is 0.235. The summed E-state index contributed by atoms with van der Waals surface area (Å²) in [6, 6.07) is 6.03. The van der Waals surface area contributed by atoms with Crippen LogP contribution in [0.3, 0.4) is 0 Å². The van der Waals surface area contributed by atoms with E-state index in [2.05, 4.69) is 5.32 Å². The number of nitrogens with one attached hydrogen (secondary N) is 1. The number of aromatic hydroxyl groups is 1. The van der Waals surface area contributed by atoms with Crippen molar-refractivity contribution >= 4 is 15.9 Å². The number of aryl methyl sites for hydroxylation is 1. The maximum Gasteiger partial charge on any atom is 0.251 e. The Hall–Kier alpha value is -2.45. The highest BCUT2D eigenvalue weighted by Crippen LogP contribution is 2.23. The summed E-state index contributed by atoms with van der Waals surface area (Å²) in [4.78, 5) is 12.3. The molecule has 134 valence electrons. The first-order valence-corrected chi connectivity index (χ1v) is 8.98. The lowest BCUT2D eigenvalue weighted by molar-refractivity contribution is 0.0939. The molecular formula is C17H19FN2O4S. The van der Waals surface area contributed by atoms with Gasteiger partial charge in [-0.3, -0.25) is 4.79 Å². The topological polar surface area (TPSA) is 109 Å². The van der Waals surface area contributed by atoms with Gasteiger partial charge < -0.3 is 10.4 Å². The standard InChI is InChI=1S/C17H19FN2O4S/c1-9-6-13(8-16(10(9)2)25(19,23)24)17(22)20-11(3)12-4-5-15(21)14(18)7-12/h4-8,11,21H,1-3H3,(H,20,22)(H2,19,23,24)/t11-/m1/s1. The van der Waals surface area contributed by atoms with E-state index in [0.29, 0.717) is 16.7 Å². The molecule has 0 spiro atoms. The van der Waals surface area contributed by atoms with Crippen molar-refractivity contribution in [3.63, 3.8) is 0 Å². The summed E-state index contributed by atoms with van der Waals surface area (Å²) >= 11 is 0. The van der Waals surface area contributed by atoms with Crippen molar-refractivity contribution < 1.29 is 22.7 Å². The molecule has 0 aliphatic rings. The Labute approximate surface area is 145 Å². The quantitative estimate of drug-likeness (QED) is 0.771. The number of sulfonamides is 1. The van der Waals surface area contributed by atoms with Crippen LogP contribution in [0.4, 0.5) is 4.39 Å². The number of primary sulfonamides is 1. The predicted octanol–water partition coefficient (Wildman–Crippen LogP) is 2.29. The molecule has 2 rings (SSSR count). The number of carbonyl (C=O) groups is 1. The Kier molecular flexibility index (Phi) is 5.15. The summed E-state index contributed by atoms with van der Waals surface area (Å²) in [6.07, 6.45) is 0. The molecule has 0 saturated carbocycles. The fourth-order valence-corrected chi connectivity index (χ4v) is 3.29. The SMILES string of the molecule is Cc1cc(C(=O)N[C@H](C)c2ccc(O)c(F)c2)cc(S(N)(=O)=O)c1C. The molecule has 2 aromatic carbocycles. The lowest BCUT2D eigenvalue weighted by Gasteiger charge is -2.16. The average Bonchev–Trinajstić information content (AvgIpc) is 2.51. The maximum atomic E-state index is 13.4. The zero-order valence-electron chi connectivity index (χ0n) is 14.0. The van der Waals surface area contributed by atoms with E-state index in [4.69, 9.17) is 5.14 Å². The van der Waals surface area contributed by atoms with Gasteiger partial charge in [-0.1, -0.05) is 6.07 Å². The number of hydrogen-bond acceptors (Lipinski definition) is 4. The Balaban J connectivity index is 2.32. The highest BCUT2D eigenvalue weighted by atomic mass is 32.2. The molecular weight excluding hydrogens is 347 g/mol. The monoisotopic (exact) mass is 366 g/mol. The van der Waals surface area contributed by atoms with E-state index in [0.717, 1.165) is 6.07 Å². The van der Waals surface area contributed by atoms with Crippen LogP contribution in [-0.4, -0.2) is 19.4 Å². The van der Waals surface area contributed by atoms with Crippen molar-refractivity contribution in [2.75, 3.05) is 0 Å². The van der Waals surface area contributed by atoms with E-state index >= 15 is 0 Å². The van der Waals surface area contributed by atoms with Crippen molar-refractivity contribution in [1.29, 1.82) is 0 Å². The molecule has 0 unspecified atom stereocenters. The van der Waals surface area contributed by atoms with Crippen LogP contribution < -0.4 is 10.5 Å². The summed E-state index contributed by atoms with van der Waals surface area (Å²) in [5.41, 5.74) is 1.69. The molecule has 0 saturated heterocycles. The second-order valence-corrected chi connectivity index (χ2v) is 7.40. The van der Waals surface area contributed by atoms with Gasteiger partial charge in [0.25, 0.3) is 5.91 Å². The molecule has 0 heterocycles. The number of phenols is 1. The second-order valence-electron chi connectivity index (χ2n) is 5.87. The van der Waals surface area contributed by atoms with Gasteiger partial charge in [0.05, 0.1) is 10.9 Å². The van der Waals surface area contributed by atoms with Gasteiger partial charge in [-0.05, 0) is 61.7 Å². The Bertz CT molecular complexity index is 942. The van der Waals surface area contributed by atoms with Gasteiger partial charge in [0.1, 0.15) is 0 Å². The van der Waals surface area contributed by atoms with Gasteiger partial charge in [-0.15, -0.1) is 0 Å². The summed E-state index contributed by atoms with van der Waals surface area (Å²) in [6.45, 7) is 4.93. The molecule has 0 fully saturated rings. The van der Waals surface area contributed by atoms with Crippen LogP contribution in [0, 0.1) is 19.7 Å². The van der Waals surface area contributed by atoms with Crippen LogP contribution in [0.15, 0.2) is 35.2 Å². The number of phenolic OH excluding ortho intramolecular Hbond substituents is 1. The smallest absolute Gasteiger partial charge is 0.251 e. The second kappa shape index (κ2) is 6.81. The van der Waals surface area contributed by atoms with Gasteiger partial charge in [0, 0.05) is 5.56 Å². The molecule has 8 heteroatoms. The molecule has 1 amide bonds. The third kappa shape index (κ3) is 4.15. The summed E-state index contributed by atoms with van der Waals surface area (Å²) < 4.78 is 36.8. The number of amides is 1. The van der Waals surface area contributed by atoms with E-state index in [1.165, 1.54) is 18.2 Å². The van der Waals surface area contributed by atoms with Crippen molar-refractivity contribution in [1.82, 2.24) is 5.32 Å². The van der Waals surface area contributed by atoms with Crippen molar-refractivity contribution in [2.24, 2.45) is 5.14 Å². The molecule has 0 aromatic heterocycles. The number of benzene rings is 2. The minimum atomic E-state index is -3.96. The van der Waals surface area contributed by atoms with Crippen LogP contribution in [0.1, 0.15) is 40.0 Å². The number of nitrogens with two attached hydrogens (primary N) is 1. The Morgan fingerprint density at radius 3 is 2.44 bits per heavy atom. The van der Waals surface area contributed by atoms with Crippen molar-refractivity contribution in [3.05, 3.63) is 58.4 Å². The molecule has 25 heavy (non-hydrogen) atoms. The molecule has 0 aliphatic carbocycles. The van der Waals surface area contributed by atoms with Crippen molar-refractivity contribution in [2.45, 2.75) is 31.7 Å². The summed E-state index contributed by atoms with van der Waals surface area (Å²) in [5.74, 6) is -1.79. The number of hydrogen-bond donors (Lipinski definition) is 3. The van der Waals surface area contributed by atoms with E-state index in [1.807, 2.05) is 0 Å². The maximum absolute atomic E-state index is 13.4. The number of carbonyl (C=O) groups excluding carboxylic acids is 1. The van der Waals surface area contributed by atoms with E-state index < -0.39 is 33.5 Å². The van der Waals surface area contributed by atoms with Crippen LogP contribution in [0.5, 0.6) is 5.75 Å². The van der Waals surface area contributed by atoms with Crippen LogP contribution in [0.2, 0.25) is 0 Å². The van der Waals surface area contributed by atoms with Gasteiger partial charge in [0.15, 0.2) is 11.6 Å². The minimum absolute atomic E-state index is 0.110. The molecule has 0 aliphatic heterocycles. The lowest BCUT2D eigenvalue weighted by Crippen LogP contribution is -2.27. The first kappa shape index (κ1) is 18.9. The van der Waals surface area contributed by atoms with Crippen LogP contribution in [-0.2, 0) is 10.0 Å². The van der Waals surface area contributed by atoms with Crippen molar-refractivity contribution in [3.8, 4) is 5.75 Å². The highest BCUT2D eigenvalue weighted by molar-refractivity contribution is 7.89. The Morgan fingerprint density at radius 1 is 1.24 bits per heavy atom. The van der Waals surface area contributed by atoms with Gasteiger partial charge in [0.2, 0.25) is 10.0 Å². The summed E-state index contributed by atoms with van der Waals surface area (Å²) in [7, 11) is -3.96. The Morgan fingerprint density at radius 2 is 1.88 bits per heavy atom. The minimum Gasteiger partial charge on any atom is -0.505 e. The lowest BCUT2D eigenvalue weighted by atomic mass is 10.0. The molecule has 6 nitrogen and oxygen atoms in total. The highest BCUT2D eigenvalue weighted by Gasteiger charge is 2.19. The van der Waals surface area contributed by atoms with Gasteiger partial charge >= 0.3 is 0 Å². The predicted molar refractivity (Wildman–Crippen MR) is 91.2 cm³/mol. The van der Waals surface area contributed by atoms with E-state index in [9.17, 15) is 22.7 Å². The van der Waals surface area contributed by atoms with Crippen LogP contribution >= 0.6 is 0 Å². The largest absolute Gasteiger partial charge is 0.505 e. The van der Waals surface area contributed by atoms with Gasteiger partial charge in [-0.2, -0.15) is 0 Å². The summed E-state index contributed by atoms with van der Waals surface area (Å²) in [5, 5.41) is 17.1.